The molecule has 0 radical (unpaired) electrons. The zero-order valence-corrected chi connectivity index (χ0v) is 31.8. The molecule has 4 N–H and O–H groups in total. The van der Waals surface area contributed by atoms with E-state index >= 15 is 0 Å². The van der Waals surface area contributed by atoms with Crippen molar-refractivity contribution in [2.24, 2.45) is 17.1 Å². The van der Waals surface area contributed by atoms with Crippen LogP contribution >= 0.6 is 0 Å². The molecule has 15 heteroatoms. The van der Waals surface area contributed by atoms with Crippen molar-refractivity contribution >= 4 is 49.8 Å². The molecule has 1 saturated heterocycles. The van der Waals surface area contributed by atoms with E-state index in [4.69, 9.17) is 29.6 Å². The number of rotatable bonds is 12. The molecule has 54 heavy (non-hydrogen) atoms. The van der Waals surface area contributed by atoms with Crippen LogP contribution in [-0.4, -0.2) is 82.6 Å². The van der Waals surface area contributed by atoms with E-state index in [1.165, 1.54) is 11.0 Å². The summed E-state index contributed by atoms with van der Waals surface area (Å²) in [6.45, 7) is 13.1. The van der Waals surface area contributed by atoms with Crippen LogP contribution in [0.25, 0.3) is 33.5 Å². The molecule has 0 spiro atoms. The second kappa shape index (κ2) is 13.7. The minimum absolute atomic E-state index is 0.00121. The number of hydrogen-bond donors (Lipinski definition) is 3. The van der Waals surface area contributed by atoms with Crippen LogP contribution in [0.1, 0.15) is 60.3 Å². The summed E-state index contributed by atoms with van der Waals surface area (Å²) in [4.78, 5) is 52.7. The van der Waals surface area contributed by atoms with Crippen molar-refractivity contribution in [1.82, 2.24) is 24.9 Å². The van der Waals surface area contributed by atoms with E-state index in [1.807, 2.05) is 83.1 Å². The number of sulfonamides is 1. The molecule has 2 aromatic heterocycles. The summed E-state index contributed by atoms with van der Waals surface area (Å²) in [6.07, 6.45) is 1.87. The van der Waals surface area contributed by atoms with Gasteiger partial charge >= 0.3 is 0 Å². The monoisotopic (exact) mass is 758 g/mol. The molecule has 7 rings (SSSR count). The Hall–Kier alpha value is -5.02. The van der Waals surface area contributed by atoms with Gasteiger partial charge in [0, 0.05) is 23.3 Å². The number of nitrogens with zero attached hydrogens (tertiary/aromatic N) is 3. The van der Waals surface area contributed by atoms with Gasteiger partial charge in [0.2, 0.25) is 27.4 Å². The fraction of sp³-hybridized carbons (Fsp3) is 0.462. The third-order valence-corrected chi connectivity index (χ3v) is 12.1. The van der Waals surface area contributed by atoms with Crippen molar-refractivity contribution in [2.75, 3.05) is 6.54 Å². The number of para-hydroxylation sites is 1. The number of furan rings is 1. The number of likely N-dealkylation sites (tertiary alicyclic amines) is 1. The smallest absolute Gasteiger partial charge is 0.262 e. The molecule has 2 aliphatic carbocycles. The van der Waals surface area contributed by atoms with Crippen molar-refractivity contribution in [3.05, 3.63) is 61.2 Å². The van der Waals surface area contributed by atoms with Crippen molar-refractivity contribution in [3.8, 4) is 23.0 Å². The maximum Gasteiger partial charge on any atom is 0.262 e. The molecular formula is C39H46N6O8S. The SMILES string of the molecule is C=C[C@@H]1CC1(NC(=O)[C@@H]1C[C@@H](Oc2nc(-c3ccc(OC(C)C)cc3)nc3c2oc2ccccc23)CN1C(=O)[C@@H](N)C(C)(C)C)C(=O)NS(=O)(=O)C1CC1. The summed E-state index contributed by atoms with van der Waals surface area (Å²) in [5, 5.41) is 2.93. The third kappa shape index (κ3) is 7.14. The average Bonchev–Trinajstić information content (AvgIpc) is 4.02. The lowest BCUT2D eigenvalue weighted by atomic mass is 9.86. The first-order valence-electron chi connectivity index (χ1n) is 18.2. The van der Waals surface area contributed by atoms with Crippen molar-refractivity contribution in [2.45, 2.75) is 95.4 Å². The van der Waals surface area contributed by atoms with E-state index < -0.39 is 68.1 Å². The highest BCUT2D eigenvalue weighted by molar-refractivity contribution is 7.91. The summed E-state index contributed by atoms with van der Waals surface area (Å²) in [5.41, 5.74) is 6.40. The van der Waals surface area contributed by atoms with Gasteiger partial charge in [0.1, 0.15) is 34.5 Å². The highest BCUT2D eigenvalue weighted by Crippen LogP contribution is 2.46. The fourth-order valence-electron chi connectivity index (χ4n) is 6.83. The molecule has 1 unspecified atom stereocenters. The van der Waals surface area contributed by atoms with Gasteiger partial charge in [0.15, 0.2) is 5.82 Å². The lowest BCUT2D eigenvalue weighted by molar-refractivity contribution is -0.142. The molecule has 2 saturated carbocycles. The number of hydrogen-bond acceptors (Lipinski definition) is 11. The van der Waals surface area contributed by atoms with Gasteiger partial charge in [-0.2, -0.15) is 4.98 Å². The molecule has 3 heterocycles. The molecule has 286 valence electrons. The second-order valence-electron chi connectivity index (χ2n) is 15.8. The Morgan fingerprint density at radius 3 is 2.43 bits per heavy atom. The van der Waals surface area contributed by atoms with E-state index in [0.29, 0.717) is 46.7 Å². The van der Waals surface area contributed by atoms with Gasteiger partial charge in [-0.05, 0) is 74.9 Å². The van der Waals surface area contributed by atoms with Gasteiger partial charge in [-0.15, -0.1) is 6.58 Å². The quantitative estimate of drug-likeness (QED) is 0.175. The molecule has 5 atom stereocenters. The number of fused-ring (bicyclic) bond motifs is 3. The molecule has 4 aromatic rings. The summed E-state index contributed by atoms with van der Waals surface area (Å²) in [6, 6.07) is 12.7. The number of carbonyl (C=O) groups is 3. The topological polar surface area (TPSA) is 196 Å². The van der Waals surface area contributed by atoms with Crippen LogP contribution in [-0.2, 0) is 24.4 Å². The predicted molar refractivity (Wildman–Crippen MR) is 202 cm³/mol. The van der Waals surface area contributed by atoms with Crippen molar-refractivity contribution in [1.29, 1.82) is 0 Å². The Labute approximate surface area is 313 Å². The zero-order chi connectivity index (χ0) is 38.7. The largest absolute Gasteiger partial charge is 0.491 e. The van der Waals surface area contributed by atoms with Crippen LogP contribution in [0.3, 0.4) is 0 Å². The van der Waals surface area contributed by atoms with Crippen LogP contribution in [0.5, 0.6) is 11.6 Å². The van der Waals surface area contributed by atoms with Crippen LogP contribution in [0.2, 0.25) is 0 Å². The number of benzene rings is 2. The van der Waals surface area contributed by atoms with E-state index in [2.05, 4.69) is 16.6 Å². The summed E-state index contributed by atoms with van der Waals surface area (Å²) >= 11 is 0. The Balaban J connectivity index is 1.21. The van der Waals surface area contributed by atoms with Crippen LogP contribution in [0.4, 0.5) is 0 Å². The summed E-state index contributed by atoms with van der Waals surface area (Å²) in [5.74, 6) is -1.25. The molecule has 0 bridgehead atoms. The molecule has 1 aliphatic heterocycles. The molecule has 2 aromatic carbocycles. The first-order chi connectivity index (χ1) is 25.5. The number of ether oxygens (including phenoxy) is 2. The van der Waals surface area contributed by atoms with E-state index in [9.17, 15) is 22.8 Å². The number of nitrogens with two attached hydrogens (primary N) is 1. The lowest BCUT2D eigenvalue weighted by Crippen LogP contribution is -2.59. The molecule has 14 nitrogen and oxygen atoms in total. The Bertz CT molecular complexity index is 2240. The first-order valence-corrected chi connectivity index (χ1v) is 19.7. The minimum Gasteiger partial charge on any atom is -0.491 e. The molecule has 3 amide bonds. The van der Waals surface area contributed by atoms with E-state index in [1.54, 1.807) is 0 Å². The molecule has 3 fully saturated rings. The molecule has 3 aliphatic rings. The number of nitrogens with one attached hydrogen (secondary N) is 2. The van der Waals surface area contributed by atoms with Crippen LogP contribution < -0.4 is 25.2 Å². The van der Waals surface area contributed by atoms with Gasteiger partial charge in [-0.25, -0.2) is 13.4 Å². The van der Waals surface area contributed by atoms with Gasteiger partial charge in [0.05, 0.1) is 23.9 Å². The summed E-state index contributed by atoms with van der Waals surface area (Å²) in [7, 11) is -3.88. The zero-order valence-electron chi connectivity index (χ0n) is 31.0. The third-order valence-electron chi connectivity index (χ3n) is 10.2. The maximum absolute atomic E-state index is 14.2. The van der Waals surface area contributed by atoms with Crippen molar-refractivity contribution in [3.63, 3.8) is 0 Å². The van der Waals surface area contributed by atoms with Gasteiger partial charge < -0.3 is 29.8 Å². The standard InChI is InChI=1S/C39H46N6O8S/c1-7-23-19-39(23,37(48)44-54(49,50)26-16-17-26)43-34(46)28-18-25(20-45(28)36(47)32(40)38(4,5)6)52-35-31-30(27-10-8-9-11-29(27)53-31)41-33(42-35)22-12-14-24(15-13-22)51-21(2)3/h7-15,21,23,25-26,28,32H,1,16-20,40H2,2-6H3,(H,43,46)(H,44,48)/t23-,25-,28+,32-,39?/m1/s1. The Morgan fingerprint density at radius 1 is 1.09 bits per heavy atom. The second-order valence-corrected chi connectivity index (χ2v) is 17.8. The first kappa shape index (κ1) is 37.3. The van der Waals surface area contributed by atoms with Crippen molar-refractivity contribution < 1.29 is 36.7 Å². The van der Waals surface area contributed by atoms with Gasteiger partial charge in [-0.3, -0.25) is 19.1 Å². The van der Waals surface area contributed by atoms with Crippen LogP contribution in [0.15, 0.2) is 65.6 Å². The summed E-state index contributed by atoms with van der Waals surface area (Å²) < 4.78 is 46.1. The average molecular weight is 759 g/mol. The Kier molecular flexibility index (Phi) is 9.45. The van der Waals surface area contributed by atoms with E-state index in [-0.39, 0.29) is 31.4 Å². The molecular weight excluding hydrogens is 713 g/mol. The highest BCUT2D eigenvalue weighted by atomic mass is 32.2. The lowest BCUT2D eigenvalue weighted by Gasteiger charge is -2.33. The van der Waals surface area contributed by atoms with Gasteiger partial charge in [-0.1, -0.05) is 39.0 Å². The number of amides is 3. The highest BCUT2D eigenvalue weighted by Gasteiger charge is 2.62. The number of aromatic nitrogens is 2. The van der Waals surface area contributed by atoms with Crippen LogP contribution in [0, 0.1) is 11.3 Å². The maximum atomic E-state index is 14.2. The fourth-order valence-corrected chi connectivity index (χ4v) is 8.19. The predicted octanol–water partition coefficient (Wildman–Crippen LogP) is 4.22. The Morgan fingerprint density at radius 2 is 1.80 bits per heavy atom. The van der Waals surface area contributed by atoms with E-state index in [0.717, 1.165) is 5.39 Å². The normalized spacial score (nSPS) is 23.3. The number of carbonyl (C=O) groups excluding carboxylic acids is 3. The van der Waals surface area contributed by atoms with Gasteiger partial charge in [0.25, 0.3) is 11.8 Å². The minimum atomic E-state index is -3.88.